The van der Waals surface area contributed by atoms with Gasteiger partial charge in [0.2, 0.25) is 5.89 Å². The summed E-state index contributed by atoms with van der Waals surface area (Å²) >= 11 is 3.39. The molecule has 0 amide bonds. The number of rotatable bonds is 4. The van der Waals surface area contributed by atoms with E-state index < -0.39 is 0 Å². The summed E-state index contributed by atoms with van der Waals surface area (Å²) in [6, 6.07) is 18.7. The molecule has 6 heteroatoms. The van der Waals surface area contributed by atoms with Gasteiger partial charge in [-0.05, 0) is 48.5 Å². The SMILES string of the molecule is COc1cc(Br)cc(C=Nc2ccc(-c3nc4ccccc4o3)cc2)c1O. The highest BCUT2D eigenvalue weighted by Gasteiger charge is 2.09. The number of phenols is 1. The highest BCUT2D eigenvalue weighted by Crippen LogP contribution is 2.33. The van der Waals surface area contributed by atoms with Crippen molar-refractivity contribution in [1.29, 1.82) is 0 Å². The summed E-state index contributed by atoms with van der Waals surface area (Å²) in [7, 11) is 1.51. The van der Waals surface area contributed by atoms with Crippen LogP contribution < -0.4 is 4.74 Å². The Morgan fingerprint density at radius 3 is 2.63 bits per heavy atom. The van der Waals surface area contributed by atoms with Gasteiger partial charge in [0, 0.05) is 21.8 Å². The third kappa shape index (κ3) is 3.57. The van der Waals surface area contributed by atoms with E-state index in [2.05, 4.69) is 25.9 Å². The first-order valence-electron chi connectivity index (χ1n) is 8.20. The molecule has 0 aliphatic heterocycles. The molecule has 0 spiro atoms. The predicted molar refractivity (Wildman–Crippen MR) is 109 cm³/mol. The number of hydrogen-bond donors (Lipinski definition) is 1. The Kier molecular flexibility index (Phi) is 4.64. The molecule has 0 radical (unpaired) electrons. The predicted octanol–water partition coefficient (Wildman–Crippen LogP) is 5.72. The highest BCUT2D eigenvalue weighted by atomic mass is 79.9. The number of benzene rings is 3. The van der Waals surface area contributed by atoms with E-state index in [9.17, 15) is 5.11 Å². The zero-order valence-electron chi connectivity index (χ0n) is 14.4. The number of halogens is 1. The van der Waals surface area contributed by atoms with Crippen molar-refractivity contribution in [2.75, 3.05) is 7.11 Å². The first-order chi connectivity index (χ1) is 13.1. The number of para-hydroxylation sites is 2. The van der Waals surface area contributed by atoms with Crippen molar-refractivity contribution in [2.45, 2.75) is 0 Å². The fraction of sp³-hybridized carbons (Fsp3) is 0.0476. The van der Waals surface area contributed by atoms with Crippen LogP contribution in [0, 0.1) is 0 Å². The monoisotopic (exact) mass is 422 g/mol. The summed E-state index contributed by atoms with van der Waals surface area (Å²) in [6.07, 6.45) is 1.59. The number of nitrogens with zero attached hydrogens (tertiary/aromatic N) is 2. The number of aromatic hydroxyl groups is 1. The Labute approximate surface area is 164 Å². The van der Waals surface area contributed by atoms with E-state index in [0.29, 0.717) is 17.2 Å². The lowest BCUT2D eigenvalue weighted by molar-refractivity contribution is 0.373. The van der Waals surface area contributed by atoms with Crippen molar-refractivity contribution in [3.8, 4) is 23.0 Å². The van der Waals surface area contributed by atoms with E-state index in [4.69, 9.17) is 9.15 Å². The van der Waals surface area contributed by atoms with Crippen LogP contribution in [-0.4, -0.2) is 23.4 Å². The average molecular weight is 423 g/mol. The molecule has 4 rings (SSSR count). The zero-order valence-corrected chi connectivity index (χ0v) is 16.0. The second-order valence-electron chi connectivity index (χ2n) is 5.84. The molecule has 134 valence electrons. The van der Waals surface area contributed by atoms with Crippen molar-refractivity contribution in [3.05, 3.63) is 70.7 Å². The van der Waals surface area contributed by atoms with Gasteiger partial charge in [0.05, 0.1) is 12.8 Å². The maximum atomic E-state index is 10.2. The first kappa shape index (κ1) is 17.3. The largest absolute Gasteiger partial charge is 0.504 e. The molecule has 27 heavy (non-hydrogen) atoms. The van der Waals surface area contributed by atoms with Crippen LogP contribution in [0.1, 0.15) is 5.56 Å². The minimum Gasteiger partial charge on any atom is -0.504 e. The number of aliphatic imine (C=N–C) groups is 1. The van der Waals surface area contributed by atoms with Gasteiger partial charge in [-0.1, -0.05) is 28.1 Å². The van der Waals surface area contributed by atoms with Gasteiger partial charge in [-0.3, -0.25) is 4.99 Å². The summed E-state index contributed by atoms with van der Waals surface area (Å²) in [4.78, 5) is 8.91. The van der Waals surface area contributed by atoms with Crippen LogP contribution in [0.3, 0.4) is 0 Å². The number of hydrogen-bond acceptors (Lipinski definition) is 5. The Bertz CT molecular complexity index is 1100. The van der Waals surface area contributed by atoms with Crippen molar-refractivity contribution in [2.24, 2.45) is 4.99 Å². The quantitative estimate of drug-likeness (QED) is 0.426. The fourth-order valence-electron chi connectivity index (χ4n) is 2.68. The van der Waals surface area contributed by atoms with E-state index in [-0.39, 0.29) is 5.75 Å². The van der Waals surface area contributed by atoms with E-state index in [1.165, 1.54) is 7.11 Å². The zero-order chi connectivity index (χ0) is 18.8. The Balaban J connectivity index is 1.59. The number of methoxy groups -OCH3 is 1. The maximum absolute atomic E-state index is 10.2. The normalized spacial score (nSPS) is 11.3. The van der Waals surface area contributed by atoms with Gasteiger partial charge in [-0.25, -0.2) is 4.98 Å². The number of aromatic nitrogens is 1. The van der Waals surface area contributed by atoms with Gasteiger partial charge >= 0.3 is 0 Å². The lowest BCUT2D eigenvalue weighted by Gasteiger charge is -2.06. The van der Waals surface area contributed by atoms with Gasteiger partial charge < -0.3 is 14.3 Å². The van der Waals surface area contributed by atoms with Crippen LogP contribution in [0.15, 0.2) is 74.5 Å². The molecular formula is C21H15BrN2O3. The molecule has 0 saturated heterocycles. The van der Waals surface area contributed by atoms with E-state index in [0.717, 1.165) is 26.8 Å². The van der Waals surface area contributed by atoms with Crippen LogP contribution in [0.5, 0.6) is 11.5 Å². The molecule has 0 aliphatic carbocycles. The van der Waals surface area contributed by atoms with Gasteiger partial charge in [0.25, 0.3) is 0 Å². The molecule has 0 aliphatic rings. The standard InChI is InChI=1S/C21H15BrN2O3/c1-26-19-11-15(22)10-14(20(19)25)12-23-16-8-6-13(7-9-16)21-24-17-4-2-3-5-18(17)27-21/h2-12,25H,1H3. The number of ether oxygens (including phenoxy) is 1. The lowest BCUT2D eigenvalue weighted by Crippen LogP contribution is -1.89. The number of phenolic OH excluding ortho intramolecular Hbond substituents is 1. The van der Waals surface area contributed by atoms with Crippen LogP contribution >= 0.6 is 15.9 Å². The molecule has 1 heterocycles. The maximum Gasteiger partial charge on any atom is 0.227 e. The van der Waals surface area contributed by atoms with Crippen LogP contribution in [0.4, 0.5) is 5.69 Å². The second-order valence-corrected chi connectivity index (χ2v) is 6.75. The Morgan fingerprint density at radius 1 is 1.11 bits per heavy atom. The van der Waals surface area contributed by atoms with Gasteiger partial charge in [0.15, 0.2) is 17.1 Å². The van der Waals surface area contributed by atoms with E-state index >= 15 is 0 Å². The molecule has 4 aromatic rings. The summed E-state index contributed by atoms with van der Waals surface area (Å²) in [5, 5.41) is 10.2. The van der Waals surface area contributed by atoms with Crippen molar-refractivity contribution < 1.29 is 14.3 Å². The smallest absolute Gasteiger partial charge is 0.227 e. The molecule has 5 nitrogen and oxygen atoms in total. The van der Waals surface area contributed by atoms with Gasteiger partial charge in [-0.2, -0.15) is 0 Å². The van der Waals surface area contributed by atoms with Crippen LogP contribution in [-0.2, 0) is 0 Å². The van der Waals surface area contributed by atoms with Crippen molar-refractivity contribution >= 4 is 38.9 Å². The Hall–Kier alpha value is -3.12. The summed E-state index contributed by atoms with van der Waals surface area (Å²) < 4.78 is 11.7. The molecule has 0 unspecified atom stereocenters. The van der Waals surface area contributed by atoms with E-state index in [1.54, 1.807) is 18.3 Å². The molecule has 3 aromatic carbocycles. The second kappa shape index (κ2) is 7.25. The summed E-state index contributed by atoms with van der Waals surface area (Å²) in [6.45, 7) is 0. The highest BCUT2D eigenvalue weighted by molar-refractivity contribution is 9.10. The molecular weight excluding hydrogens is 408 g/mol. The number of oxazole rings is 1. The molecule has 0 fully saturated rings. The van der Waals surface area contributed by atoms with Gasteiger partial charge in [0.1, 0.15) is 5.52 Å². The van der Waals surface area contributed by atoms with Crippen molar-refractivity contribution in [3.63, 3.8) is 0 Å². The summed E-state index contributed by atoms with van der Waals surface area (Å²) in [5.41, 5.74) is 3.76. The van der Waals surface area contributed by atoms with Gasteiger partial charge in [-0.15, -0.1) is 0 Å². The van der Waals surface area contributed by atoms with Crippen molar-refractivity contribution in [1.82, 2.24) is 4.98 Å². The molecule has 0 atom stereocenters. The third-order valence-electron chi connectivity index (χ3n) is 4.05. The number of fused-ring (bicyclic) bond motifs is 1. The topological polar surface area (TPSA) is 67.9 Å². The molecule has 1 N–H and O–H groups in total. The van der Waals surface area contributed by atoms with Crippen LogP contribution in [0.2, 0.25) is 0 Å². The minimum absolute atomic E-state index is 0.0487. The fourth-order valence-corrected chi connectivity index (χ4v) is 3.13. The molecule has 0 saturated carbocycles. The summed E-state index contributed by atoms with van der Waals surface area (Å²) in [5.74, 6) is 1.01. The first-order valence-corrected chi connectivity index (χ1v) is 9.00. The molecule has 1 aromatic heterocycles. The lowest BCUT2D eigenvalue weighted by atomic mass is 10.2. The molecule has 0 bridgehead atoms. The Morgan fingerprint density at radius 2 is 1.89 bits per heavy atom. The average Bonchev–Trinajstić information content (AvgIpc) is 3.13. The minimum atomic E-state index is 0.0487. The van der Waals surface area contributed by atoms with E-state index in [1.807, 2.05) is 48.5 Å². The van der Waals surface area contributed by atoms with Crippen LogP contribution in [0.25, 0.3) is 22.6 Å². The third-order valence-corrected chi connectivity index (χ3v) is 4.51.